The monoisotopic (exact) mass is 310 g/mol. The third-order valence-corrected chi connectivity index (χ3v) is 5.02. The van der Waals surface area contributed by atoms with E-state index in [1.807, 2.05) is 0 Å². The van der Waals surface area contributed by atoms with Crippen molar-refractivity contribution in [2.75, 3.05) is 13.2 Å². The lowest BCUT2D eigenvalue weighted by atomic mass is 9.80. The number of cyclic esters (lactones) is 1. The number of fused-ring (bicyclic) bond motifs is 5. The van der Waals surface area contributed by atoms with E-state index in [1.54, 1.807) is 20.8 Å². The van der Waals surface area contributed by atoms with Crippen LogP contribution in [-0.2, 0) is 28.6 Å². The molecule has 5 unspecified atom stereocenters. The van der Waals surface area contributed by atoms with Crippen molar-refractivity contribution in [2.24, 2.45) is 29.1 Å². The normalized spacial score (nSPS) is 36.0. The van der Waals surface area contributed by atoms with Crippen molar-refractivity contribution in [3.8, 4) is 0 Å². The second-order valence-corrected chi connectivity index (χ2v) is 7.57. The van der Waals surface area contributed by atoms with E-state index in [0.29, 0.717) is 18.4 Å². The molecule has 3 rings (SSSR count). The SMILES string of the molecule is CC(C)(C)C(=O)OCC(=O)OC1CC2CC1C1C(=O)OCC21. The van der Waals surface area contributed by atoms with E-state index in [-0.39, 0.29) is 30.5 Å². The highest BCUT2D eigenvalue weighted by Crippen LogP contribution is 2.56. The van der Waals surface area contributed by atoms with Gasteiger partial charge in [-0.2, -0.15) is 0 Å². The molecule has 3 fully saturated rings. The smallest absolute Gasteiger partial charge is 0.344 e. The van der Waals surface area contributed by atoms with Crippen LogP contribution in [0.4, 0.5) is 0 Å². The van der Waals surface area contributed by atoms with Crippen LogP contribution in [0.25, 0.3) is 0 Å². The Bertz CT molecular complexity index is 505. The number of esters is 3. The van der Waals surface area contributed by atoms with Gasteiger partial charge in [-0.15, -0.1) is 0 Å². The maximum absolute atomic E-state index is 11.9. The number of hydrogen-bond donors (Lipinski definition) is 0. The summed E-state index contributed by atoms with van der Waals surface area (Å²) in [5, 5.41) is 0. The maximum atomic E-state index is 11.9. The maximum Gasteiger partial charge on any atom is 0.344 e. The molecule has 1 saturated heterocycles. The molecule has 2 bridgehead atoms. The van der Waals surface area contributed by atoms with E-state index in [4.69, 9.17) is 14.2 Å². The van der Waals surface area contributed by atoms with E-state index in [1.165, 1.54) is 0 Å². The first-order chi connectivity index (χ1) is 10.3. The number of hydrogen-bond acceptors (Lipinski definition) is 6. The lowest BCUT2D eigenvalue weighted by molar-refractivity contribution is -0.169. The first kappa shape index (κ1) is 15.3. The van der Waals surface area contributed by atoms with Gasteiger partial charge in [0, 0.05) is 11.8 Å². The highest BCUT2D eigenvalue weighted by atomic mass is 16.6. The Morgan fingerprint density at radius 3 is 2.64 bits per heavy atom. The molecular weight excluding hydrogens is 288 g/mol. The zero-order chi connectivity index (χ0) is 16.1. The Balaban J connectivity index is 1.51. The van der Waals surface area contributed by atoms with E-state index in [0.717, 1.165) is 12.8 Å². The lowest BCUT2D eigenvalue weighted by Crippen LogP contribution is -2.36. The van der Waals surface area contributed by atoms with Crippen molar-refractivity contribution in [3.63, 3.8) is 0 Å². The van der Waals surface area contributed by atoms with Crippen LogP contribution in [0.1, 0.15) is 33.6 Å². The highest BCUT2D eigenvalue weighted by molar-refractivity contribution is 5.80. The molecule has 0 aromatic carbocycles. The number of carbonyl (C=O) groups is 3. The topological polar surface area (TPSA) is 78.9 Å². The predicted octanol–water partition coefficient (Wildman–Crippen LogP) is 1.32. The average Bonchev–Trinajstić information content (AvgIpc) is 3.08. The van der Waals surface area contributed by atoms with Crippen LogP contribution in [0.2, 0.25) is 0 Å². The minimum atomic E-state index is -0.645. The zero-order valence-corrected chi connectivity index (χ0v) is 13.2. The fourth-order valence-corrected chi connectivity index (χ4v) is 3.95. The summed E-state index contributed by atoms with van der Waals surface area (Å²) in [5.41, 5.74) is -0.645. The first-order valence-corrected chi connectivity index (χ1v) is 7.80. The number of ether oxygens (including phenoxy) is 3. The van der Waals surface area contributed by atoms with Crippen LogP contribution in [0.3, 0.4) is 0 Å². The average molecular weight is 310 g/mol. The Hall–Kier alpha value is -1.59. The number of rotatable bonds is 3. The summed E-state index contributed by atoms with van der Waals surface area (Å²) >= 11 is 0. The van der Waals surface area contributed by atoms with Crippen molar-refractivity contribution in [1.29, 1.82) is 0 Å². The molecule has 2 aliphatic carbocycles. The molecule has 0 aromatic heterocycles. The third-order valence-electron chi connectivity index (χ3n) is 5.02. The van der Waals surface area contributed by atoms with Crippen LogP contribution in [0.5, 0.6) is 0 Å². The van der Waals surface area contributed by atoms with Gasteiger partial charge in [-0.3, -0.25) is 9.59 Å². The van der Waals surface area contributed by atoms with Crippen molar-refractivity contribution in [2.45, 2.75) is 39.7 Å². The second kappa shape index (κ2) is 5.25. The van der Waals surface area contributed by atoms with Crippen molar-refractivity contribution in [3.05, 3.63) is 0 Å². The molecule has 122 valence electrons. The van der Waals surface area contributed by atoms with E-state index >= 15 is 0 Å². The molecule has 5 atom stereocenters. The van der Waals surface area contributed by atoms with Crippen LogP contribution in [0, 0.1) is 29.1 Å². The summed E-state index contributed by atoms with van der Waals surface area (Å²) in [4.78, 5) is 35.3. The van der Waals surface area contributed by atoms with E-state index in [2.05, 4.69) is 0 Å². The molecule has 0 aromatic rings. The lowest BCUT2D eigenvalue weighted by Gasteiger charge is -2.28. The molecule has 0 N–H and O–H groups in total. The molecule has 0 amide bonds. The second-order valence-electron chi connectivity index (χ2n) is 7.57. The summed E-state index contributed by atoms with van der Waals surface area (Å²) in [7, 11) is 0. The Morgan fingerprint density at radius 2 is 1.95 bits per heavy atom. The summed E-state index contributed by atoms with van der Waals surface area (Å²) in [6.07, 6.45) is 1.45. The molecule has 22 heavy (non-hydrogen) atoms. The molecule has 1 heterocycles. The van der Waals surface area contributed by atoms with E-state index < -0.39 is 17.4 Å². The van der Waals surface area contributed by atoms with Gasteiger partial charge >= 0.3 is 17.9 Å². The van der Waals surface area contributed by atoms with Gasteiger partial charge in [-0.05, 0) is 39.5 Å². The minimum absolute atomic E-state index is 0.0623. The Morgan fingerprint density at radius 1 is 1.23 bits per heavy atom. The van der Waals surface area contributed by atoms with Crippen LogP contribution in [-0.4, -0.2) is 37.2 Å². The van der Waals surface area contributed by atoms with Gasteiger partial charge in [0.05, 0.1) is 17.9 Å². The van der Waals surface area contributed by atoms with Gasteiger partial charge in [0.15, 0.2) is 6.61 Å². The zero-order valence-electron chi connectivity index (χ0n) is 13.2. The first-order valence-electron chi connectivity index (χ1n) is 7.80. The standard InChI is InChI=1S/C16H22O6/c1-16(2,3)15(19)21-7-12(17)22-11-5-8-4-9(11)13-10(8)6-20-14(13)18/h8-11,13H,4-7H2,1-3H3. The largest absolute Gasteiger partial charge is 0.465 e. The van der Waals surface area contributed by atoms with Crippen molar-refractivity contribution in [1.82, 2.24) is 0 Å². The van der Waals surface area contributed by atoms with Gasteiger partial charge in [0.1, 0.15) is 6.10 Å². The predicted molar refractivity (Wildman–Crippen MR) is 74.4 cm³/mol. The third kappa shape index (κ3) is 2.59. The number of carbonyl (C=O) groups excluding carboxylic acids is 3. The van der Waals surface area contributed by atoms with Crippen LogP contribution >= 0.6 is 0 Å². The molecular formula is C16H22O6. The fraction of sp³-hybridized carbons (Fsp3) is 0.812. The van der Waals surface area contributed by atoms with Crippen molar-refractivity contribution < 1.29 is 28.6 Å². The fourth-order valence-electron chi connectivity index (χ4n) is 3.95. The van der Waals surface area contributed by atoms with Gasteiger partial charge in [-0.1, -0.05) is 0 Å². The van der Waals surface area contributed by atoms with Gasteiger partial charge in [0.2, 0.25) is 0 Å². The summed E-state index contributed by atoms with van der Waals surface area (Å²) in [6.45, 7) is 5.31. The van der Waals surface area contributed by atoms with Gasteiger partial charge in [0.25, 0.3) is 0 Å². The Labute approximate surface area is 129 Å². The minimum Gasteiger partial charge on any atom is -0.465 e. The molecule has 6 heteroatoms. The molecule has 6 nitrogen and oxygen atoms in total. The van der Waals surface area contributed by atoms with E-state index in [9.17, 15) is 14.4 Å². The molecule has 2 saturated carbocycles. The van der Waals surface area contributed by atoms with Crippen molar-refractivity contribution >= 4 is 17.9 Å². The molecule has 1 aliphatic heterocycles. The molecule has 0 radical (unpaired) electrons. The van der Waals surface area contributed by atoms with Crippen LogP contribution in [0.15, 0.2) is 0 Å². The molecule has 0 spiro atoms. The molecule has 3 aliphatic rings. The summed E-state index contributed by atoms with van der Waals surface area (Å²) < 4.78 is 15.5. The Kier molecular flexibility index (Phi) is 3.65. The van der Waals surface area contributed by atoms with Gasteiger partial charge < -0.3 is 14.2 Å². The van der Waals surface area contributed by atoms with Gasteiger partial charge in [-0.25, -0.2) is 4.79 Å². The quantitative estimate of drug-likeness (QED) is 0.578. The van der Waals surface area contributed by atoms with Crippen LogP contribution < -0.4 is 0 Å². The summed E-state index contributed by atoms with van der Waals surface area (Å²) in [6, 6.07) is 0. The highest BCUT2D eigenvalue weighted by Gasteiger charge is 2.60. The summed E-state index contributed by atoms with van der Waals surface area (Å²) in [5.74, 6) is -0.490.